The standard InChI is InChI=1S/C23H23FIN5OS/c1-13-19(20(25)14(2)27-13)22-21(17-5-3-4-11-26-17)29-23(32)30(22)12-10-18(31)28-16-8-6-15(24)7-9-16/h3-9,11,21-22,27H,10,12H2,1-2H3,(H,28,31)(H,29,32)/t21-,22-/m1/s1. The van der Waals surface area contributed by atoms with E-state index in [-0.39, 0.29) is 30.2 Å². The molecule has 6 nitrogen and oxygen atoms in total. The number of hydrogen-bond donors (Lipinski definition) is 3. The summed E-state index contributed by atoms with van der Waals surface area (Å²) in [5.74, 6) is -0.497. The Bertz CT molecular complexity index is 1140. The van der Waals surface area contributed by atoms with Crippen LogP contribution in [0.25, 0.3) is 0 Å². The molecule has 32 heavy (non-hydrogen) atoms. The highest BCUT2D eigenvalue weighted by molar-refractivity contribution is 14.1. The Hall–Kier alpha value is -2.53. The Morgan fingerprint density at radius 3 is 2.59 bits per heavy atom. The van der Waals surface area contributed by atoms with Crippen molar-refractivity contribution in [2.75, 3.05) is 11.9 Å². The van der Waals surface area contributed by atoms with Crippen molar-refractivity contribution >= 4 is 51.5 Å². The third-order valence-electron chi connectivity index (χ3n) is 5.55. The minimum Gasteiger partial charge on any atom is -0.362 e. The summed E-state index contributed by atoms with van der Waals surface area (Å²) in [5, 5.41) is 6.82. The Kier molecular flexibility index (Phi) is 6.75. The summed E-state index contributed by atoms with van der Waals surface area (Å²) < 4.78 is 14.3. The summed E-state index contributed by atoms with van der Waals surface area (Å²) in [6.45, 7) is 4.54. The van der Waals surface area contributed by atoms with Crippen molar-refractivity contribution in [1.82, 2.24) is 20.2 Å². The number of H-pyrrole nitrogens is 1. The lowest BCUT2D eigenvalue weighted by molar-refractivity contribution is -0.116. The summed E-state index contributed by atoms with van der Waals surface area (Å²) in [6, 6.07) is 11.3. The summed E-state index contributed by atoms with van der Waals surface area (Å²) >= 11 is 8.05. The van der Waals surface area contributed by atoms with Crippen LogP contribution in [-0.2, 0) is 4.79 Å². The van der Waals surface area contributed by atoms with E-state index in [1.165, 1.54) is 12.1 Å². The van der Waals surface area contributed by atoms with Crippen molar-refractivity contribution in [3.8, 4) is 0 Å². The van der Waals surface area contributed by atoms with Gasteiger partial charge in [0.05, 0.1) is 17.8 Å². The zero-order valence-electron chi connectivity index (χ0n) is 17.7. The summed E-state index contributed by atoms with van der Waals surface area (Å²) in [7, 11) is 0. The van der Waals surface area contributed by atoms with Crippen LogP contribution in [0.5, 0.6) is 0 Å². The van der Waals surface area contributed by atoms with Crippen LogP contribution in [0, 0.1) is 23.2 Å². The van der Waals surface area contributed by atoms with Crippen molar-refractivity contribution < 1.29 is 9.18 Å². The number of halogens is 2. The number of rotatable bonds is 6. The molecule has 0 bridgehead atoms. The highest BCUT2D eigenvalue weighted by Crippen LogP contribution is 2.42. The van der Waals surface area contributed by atoms with E-state index in [2.05, 4.69) is 61.9 Å². The number of anilines is 1. The molecule has 1 amide bonds. The van der Waals surface area contributed by atoms with E-state index < -0.39 is 0 Å². The lowest BCUT2D eigenvalue weighted by Gasteiger charge is -2.28. The first-order valence-electron chi connectivity index (χ1n) is 10.2. The van der Waals surface area contributed by atoms with Gasteiger partial charge in [-0.05, 0) is 85.1 Å². The van der Waals surface area contributed by atoms with E-state index in [1.54, 1.807) is 18.3 Å². The fourth-order valence-electron chi connectivity index (χ4n) is 4.06. The van der Waals surface area contributed by atoms with Gasteiger partial charge in [-0.2, -0.15) is 0 Å². The van der Waals surface area contributed by atoms with Crippen molar-refractivity contribution in [3.63, 3.8) is 0 Å². The van der Waals surface area contributed by atoms with Crippen LogP contribution >= 0.6 is 34.8 Å². The fourth-order valence-corrected chi connectivity index (χ4v) is 5.25. The Morgan fingerprint density at radius 2 is 1.97 bits per heavy atom. The molecule has 0 saturated carbocycles. The quantitative estimate of drug-likeness (QED) is 0.298. The number of aromatic amines is 1. The molecule has 166 valence electrons. The zero-order valence-corrected chi connectivity index (χ0v) is 20.6. The molecule has 1 aliphatic rings. The van der Waals surface area contributed by atoms with Crippen molar-refractivity contribution in [2.45, 2.75) is 32.4 Å². The minimum absolute atomic E-state index is 0.104. The van der Waals surface area contributed by atoms with Crippen molar-refractivity contribution in [3.05, 3.63) is 80.7 Å². The van der Waals surface area contributed by atoms with Crippen LogP contribution in [-0.4, -0.2) is 32.4 Å². The number of nitrogens with one attached hydrogen (secondary N) is 3. The molecule has 1 aliphatic heterocycles. The van der Waals surface area contributed by atoms with Gasteiger partial charge in [0.15, 0.2) is 5.11 Å². The number of nitrogens with zero attached hydrogens (tertiary/aromatic N) is 2. The number of pyridine rings is 1. The van der Waals surface area contributed by atoms with Gasteiger partial charge in [-0.3, -0.25) is 9.78 Å². The number of carbonyl (C=O) groups is 1. The van der Waals surface area contributed by atoms with Crippen LogP contribution in [0.2, 0.25) is 0 Å². The second-order valence-corrected chi connectivity index (χ2v) is 9.19. The fraction of sp³-hybridized carbons (Fsp3) is 0.261. The number of amides is 1. The van der Waals surface area contributed by atoms with Crippen LogP contribution in [0.15, 0.2) is 48.7 Å². The molecule has 9 heteroatoms. The molecule has 0 unspecified atom stereocenters. The summed E-state index contributed by atoms with van der Waals surface area (Å²) in [6.07, 6.45) is 2.01. The summed E-state index contributed by atoms with van der Waals surface area (Å²) in [4.78, 5) is 22.6. The molecule has 1 saturated heterocycles. The molecule has 1 aromatic carbocycles. The van der Waals surface area contributed by atoms with Gasteiger partial charge in [0.2, 0.25) is 5.91 Å². The van der Waals surface area contributed by atoms with E-state index in [0.717, 1.165) is 26.2 Å². The topological polar surface area (TPSA) is 73.0 Å². The van der Waals surface area contributed by atoms with Crippen molar-refractivity contribution in [1.29, 1.82) is 0 Å². The number of thiocarbonyl (C=S) groups is 1. The molecule has 1 fully saturated rings. The first-order valence-corrected chi connectivity index (χ1v) is 11.7. The highest BCUT2D eigenvalue weighted by atomic mass is 127. The predicted octanol–water partition coefficient (Wildman–Crippen LogP) is 4.77. The van der Waals surface area contributed by atoms with Crippen LogP contribution < -0.4 is 10.6 Å². The number of hydrogen-bond acceptors (Lipinski definition) is 3. The Morgan fingerprint density at radius 1 is 1.22 bits per heavy atom. The Labute approximate surface area is 205 Å². The van der Waals surface area contributed by atoms with E-state index in [9.17, 15) is 9.18 Å². The molecular weight excluding hydrogens is 540 g/mol. The molecule has 0 aliphatic carbocycles. The zero-order chi connectivity index (χ0) is 22.8. The van der Waals surface area contributed by atoms with E-state index in [0.29, 0.717) is 17.3 Å². The van der Waals surface area contributed by atoms with Gasteiger partial charge in [0.25, 0.3) is 0 Å². The first kappa shape index (κ1) is 22.7. The molecule has 0 spiro atoms. The average Bonchev–Trinajstić information content (AvgIpc) is 3.23. The molecule has 0 radical (unpaired) electrons. The van der Waals surface area contributed by atoms with Gasteiger partial charge < -0.3 is 20.5 Å². The van der Waals surface area contributed by atoms with Gasteiger partial charge in [0.1, 0.15) is 5.82 Å². The minimum atomic E-state index is -0.341. The SMILES string of the molecule is Cc1[nH]c(C)c([C@@H]2[C@@H](c3ccccn3)NC(=S)N2CCC(=O)Nc2ccc(F)cc2)c1I. The van der Waals surface area contributed by atoms with E-state index in [4.69, 9.17) is 12.2 Å². The van der Waals surface area contributed by atoms with Crippen LogP contribution in [0.3, 0.4) is 0 Å². The third kappa shape index (κ3) is 4.63. The first-order chi connectivity index (χ1) is 15.3. The maximum absolute atomic E-state index is 13.1. The van der Waals surface area contributed by atoms with E-state index in [1.807, 2.05) is 18.2 Å². The highest BCUT2D eigenvalue weighted by Gasteiger charge is 2.42. The molecular formula is C23H23FIN5OS. The Balaban J connectivity index is 1.58. The molecule has 3 heterocycles. The van der Waals surface area contributed by atoms with Gasteiger partial charge >= 0.3 is 0 Å². The second kappa shape index (κ2) is 9.53. The molecule has 2 aromatic heterocycles. The second-order valence-electron chi connectivity index (χ2n) is 7.73. The normalized spacial score (nSPS) is 18.0. The monoisotopic (exact) mass is 563 g/mol. The number of aryl methyl sites for hydroxylation is 2. The van der Waals surface area contributed by atoms with E-state index >= 15 is 0 Å². The molecule has 4 rings (SSSR count). The predicted molar refractivity (Wildman–Crippen MR) is 135 cm³/mol. The molecule has 2 atom stereocenters. The maximum Gasteiger partial charge on any atom is 0.226 e. The maximum atomic E-state index is 13.1. The smallest absolute Gasteiger partial charge is 0.226 e. The number of aromatic nitrogens is 2. The van der Waals surface area contributed by atoms with Crippen LogP contribution in [0.4, 0.5) is 10.1 Å². The number of benzene rings is 1. The van der Waals surface area contributed by atoms with Gasteiger partial charge in [0, 0.05) is 45.4 Å². The summed E-state index contributed by atoms with van der Waals surface area (Å²) in [5.41, 5.74) is 4.79. The third-order valence-corrected chi connectivity index (χ3v) is 7.29. The molecule has 3 aromatic rings. The van der Waals surface area contributed by atoms with Gasteiger partial charge in [-0.25, -0.2) is 4.39 Å². The molecule has 3 N–H and O–H groups in total. The average molecular weight is 563 g/mol. The lowest BCUT2D eigenvalue weighted by atomic mass is 9.96. The van der Waals surface area contributed by atoms with Gasteiger partial charge in [-0.15, -0.1) is 0 Å². The van der Waals surface area contributed by atoms with Crippen LogP contribution in [0.1, 0.15) is 41.1 Å². The number of carbonyl (C=O) groups excluding carboxylic acids is 1. The largest absolute Gasteiger partial charge is 0.362 e. The van der Waals surface area contributed by atoms with Crippen molar-refractivity contribution in [2.24, 2.45) is 0 Å². The lowest BCUT2D eigenvalue weighted by Crippen LogP contribution is -2.33. The van der Waals surface area contributed by atoms with Gasteiger partial charge in [-0.1, -0.05) is 6.07 Å².